The second-order valence-electron chi connectivity index (χ2n) is 4.88. The van der Waals surface area contributed by atoms with Gasteiger partial charge in [0.1, 0.15) is 0 Å². The fourth-order valence-electron chi connectivity index (χ4n) is 2.78. The lowest BCUT2D eigenvalue weighted by Gasteiger charge is -2.26. The first-order valence-corrected chi connectivity index (χ1v) is 6.70. The predicted molar refractivity (Wildman–Crippen MR) is 71.1 cm³/mol. The number of hydrogen-bond acceptors (Lipinski definition) is 2. The summed E-state index contributed by atoms with van der Waals surface area (Å²) in [6.45, 7) is 6.33. The van der Waals surface area contributed by atoms with Crippen molar-refractivity contribution in [1.82, 2.24) is 5.32 Å². The zero-order valence-corrected chi connectivity index (χ0v) is 10.9. The van der Waals surface area contributed by atoms with E-state index in [9.17, 15) is 0 Å². The van der Waals surface area contributed by atoms with Crippen molar-refractivity contribution >= 4 is 0 Å². The number of nitrogens with one attached hydrogen (secondary N) is 1. The molecule has 2 nitrogen and oxygen atoms in total. The van der Waals surface area contributed by atoms with Crippen LogP contribution in [0.3, 0.4) is 0 Å². The van der Waals surface area contributed by atoms with Gasteiger partial charge in [-0.15, -0.1) is 0 Å². The molecule has 1 aromatic rings. The molecule has 1 heterocycles. The largest absolute Gasteiger partial charge is 0.378 e. The second kappa shape index (κ2) is 6.18. The van der Waals surface area contributed by atoms with Gasteiger partial charge in [-0.2, -0.15) is 0 Å². The van der Waals surface area contributed by atoms with Gasteiger partial charge in [-0.3, -0.25) is 0 Å². The summed E-state index contributed by atoms with van der Waals surface area (Å²) in [6, 6.07) is 11.3. The third kappa shape index (κ3) is 3.30. The minimum atomic E-state index is 0.391. The lowest BCUT2D eigenvalue weighted by Crippen LogP contribution is -2.40. The zero-order valence-electron chi connectivity index (χ0n) is 10.9. The molecule has 2 rings (SSSR count). The SMILES string of the molecule is CCNC(Cc1ccccc1)C1CCOC1C. The van der Waals surface area contributed by atoms with E-state index in [1.165, 1.54) is 12.0 Å². The average Bonchev–Trinajstić information content (AvgIpc) is 2.76. The van der Waals surface area contributed by atoms with Crippen molar-refractivity contribution in [2.24, 2.45) is 5.92 Å². The van der Waals surface area contributed by atoms with Crippen molar-refractivity contribution < 1.29 is 4.74 Å². The molecule has 17 heavy (non-hydrogen) atoms. The van der Waals surface area contributed by atoms with Crippen molar-refractivity contribution in [3.05, 3.63) is 35.9 Å². The Morgan fingerprint density at radius 3 is 2.71 bits per heavy atom. The van der Waals surface area contributed by atoms with E-state index in [1.807, 2.05) is 0 Å². The van der Waals surface area contributed by atoms with E-state index in [1.54, 1.807) is 0 Å². The fraction of sp³-hybridized carbons (Fsp3) is 0.600. The summed E-state index contributed by atoms with van der Waals surface area (Å²) in [5.41, 5.74) is 1.41. The minimum Gasteiger partial charge on any atom is -0.378 e. The molecule has 1 aliphatic heterocycles. The minimum absolute atomic E-state index is 0.391. The molecule has 0 aromatic heterocycles. The van der Waals surface area contributed by atoms with Crippen molar-refractivity contribution in [2.45, 2.75) is 38.8 Å². The van der Waals surface area contributed by atoms with Gasteiger partial charge in [-0.05, 0) is 31.9 Å². The molecule has 0 aliphatic carbocycles. The maximum absolute atomic E-state index is 5.69. The molecule has 0 radical (unpaired) electrons. The van der Waals surface area contributed by atoms with Gasteiger partial charge in [0.2, 0.25) is 0 Å². The zero-order chi connectivity index (χ0) is 12.1. The van der Waals surface area contributed by atoms with Crippen LogP contribution in [0.1, 0.15) is 25.8 Å². The van der Waals surface area contributed by atoms with Crippen LogP contribution in [0.5, 0.6) is 0 Å². The molecular formula is C15H23NO. The molecule has 1 aromatic carbocycles. The topological polar surface area (TPSA) is 21.3 Å². The molecule has 0 bridgehead atoms. The molecular weight excluding hydrogens is 210 g/mol. The van der Waals surface area contributed by atoms with Crippen molar-refractivity contribution in [1.29, 1.82) is 0 Å². The van der Waals surface area contributed by atoms with Crippen LogP contribution in [0.2, 0.25) is 0 Å². The molecule has 0 spiro atoms. The third-order valence-corrected chi connectivity index (χ3v) is 3.72. The van der Waals surface area contributed by atoms with E-state index in [0.29, 0.717) is 18.1 Å². The van der Waals surface area contributed by atoms with Crippen LogP contribution in [0.25, 0.3) is 0 Å². The van der Waals surface area contributed by atoms with E-state index in [-0.39, 0.29) is 0 Å². The van der Waals surface area contributed by atoms with Gasteiger partial charge in [0.15, 0.2) is 0 Å². The van der Waals surface area contributed by atoms with Crippen LogP contribution < -0.4 is 5.32 Å². The quantitative estimate of drug-likeness (QED) is 0.844. The molecule has 2 heteroatoms. The maximum Gasteiger partial charge on any atom is 0.0590 e. The summed E-state index contributed by atoms with van der Waals surface area (Å²) in [5, 5.41) is 3.62. The van der Waals surface area contributed by atoms with Crippen molar-refractivity contribution in [2.75, 3.05) is 13.2 Å². The van der Waals surface area contributed by atoms with Gasteiger partial charge < -0.3 is 10.1 Å². The summed E-state index contributed by atoms with van der Waals surface area (Å²) < 4.78 is 5.69. The first kappa shape index (κ1) is 12.6. The smallest absolute Gasteiger partial charge is 0.0590 e. The summed E-state index contributed by atoms with van der Waals surface area (Å²) in [5.74, 6) is 0.648. The fourth-order valence-corrected chi connectivity index (χ4v) is 2.78. The molecule has 1 saturated heterocycles. The highest BCUT2D eigenvalue weighted by molar-refractivity contribution is 5.16. The maximum atomic E-state index is 5.69. The van der Waals surface area contributed by atoms with Gasteiger partial charge in [0.05, 0.1) is 6.10 Å². The first-order valence-electron chi connectivity index (χ1n) is 6.70. The highest BCUT2D eigenvalue weighted by Crippen LogP contribution is 2.25. The van der Waals surface area contributed by atoms with Crippen LogP contribution in [0.15, 0.2) is 30.3 Å². The van der Waals surface area contributed by atoms with Gasteiger partial charge in [-0.1, -0.05) is 37.3 Å². The third-order valence-electron chi connectivity index (χ3n) is 3.72. The molecule has 3 atom stereocenters. The van der Waals surface area contributed by atoms with Crippen LogP contribution in [-0.4, -0.2) is 25.3 Å². The average molecular weight is 233 g/mol. The Hall–Kier alpha value is -0.860. The van der Waals surface area contributed by atoms with E-state index in [0.717, 1.165) is 19.6 Å². The molecule has 94 valence electrons. The van der Waals surface area contributed by atoms with E-state index in [2.05, 4.69) is 49.5 Å². The Morgan fingerprint density at radius 2 is 2.12 bits per heavy atom. The van der Waals surface area contributed by atoms with Crippen molar-refractivity contribution in [3.63, 3.8) is 0 Å². The summed E-state index contributed by atoms with van der Waals surface area (Å²) in [7, 11) is 0. The number of hydrogen-bond donors (Lipinski definition) is 1. The van der Waals surface area contributed by atoms with Crippen LogP contribution >= 0.6 is 0 Å². The van der Waals surface area contributed by atoms with Gasteiger partial charge in [0.25, 0.3) is 0 Å². The van der Waals surface area contributed by atoms with Crippen LogP contribution in [-0.2, 0) is 11.2 Å². The van der Waals surface area contributed by atoms with Gasteiger partial charge in [-0.25, -0.2) is 0 Å². The molecule has 0 saturated carbocycles. The molecule has 3 unspecified atom stereocenters. The molecule has 1 aliphatic rings. The summed E-state index contributed by atoms with van der Waals surface area (Å²) in [4.78, 5) is 0. The van der Waals surface area contributed by atoms with E-state index < -0.39 is 0 Å². The highest BCUT2D eigenvalue weighted by Gasteiger charge is 2.31. The number of ether oxygens (including phenoxy) is 1. The van der Waals surface area contributed by atoms with Gasteiger partial charge >= 0.3 is 0 Å². The Balaban J connectivity index is 2.02. The monoisotopic (exact) mass is 233 g/mol. The van der Waals surface area contributed by atoms with Crippen molar-refractivity contribution in [3.8, 4) is 0 Å². The Morgan fingerprint density at radius 1 is 1.35 bits per heavy atom. The Labute approximate surface area is 104 Å². The predicted octanol–water partition coefficient (Wildman–Crippen LogP) is 2.63. The van der Waals surface area contributed by atoms with E-state index in [4.69, 9.17) is 4.74 Å². The molecule has 1 N–H and O–H groups in total. The lowest BCUT2D eigenvalue weighted by atomic mass is 9.89. The van der Waals surface area contributed by atoms with Crippen LogP contribution in [0, 0.1) is 5.92 Å². The molecule has 1 fully saturated rings. The van der Waals surface area contributed by atoms with Gasteiger partial charge in [0, 0.05) is 18.6 Å². The lowest BCUT2D eigenvalue weighted by molar-refractivity contribution is 0.0956. The summed E-state index contributed by atoms with van der Waals surface area (Å²) in [6.07, 6.45) is 2.68. The van der Waals surface area contributed by atoms with E-state index >= 15 is 0 Å². The Kier molecular flexibility index (Phi) is 4.57. The van der Waals surface area contributed by atoms with Crippen LogP contribution in [0.4, 0.5) is 0 Å². The molecule has 0 amide bonds. The second-order valence-corrected chi connectivity index (χ2v) is 4.88. The first-order chi connectivity index (χ1) is 8.31. The standard InChI is InChI=1S/C15H23NO/c1-3-16-15(14-9-10-17-12(14)2)11-13-7-5-4-6-8-13/h4-8,12,14-16H,3,9-11H2,1-2H3. The Bertz CT molecular complexity index is 325. The number of rotatable bonds is 5. The normalized spacial score (nSPS) is 26.0. The summed E-state index contributed by atoms with van der Waals surface area (Å²) >= 11 is 0. The number of likely N-dealkylation sites (N-methyl/N-ethyl adjacent to an activating group) is 1. The number of benzene rings is 1. The highest BCUT2D eigenvalue weighted by atomic mass is 16.5.